The highest BCUT2D eigenvalue weighted by molar-refractivity contribution is 5.50. The third-order valence-corrected chi connectivity index (χ3v) is 3.07. The van der Waals surface area contributed by atoms with Crippen LogP contribution in [0.2, 0.25) is 0 Å². The molecule has 4 heteroatoms. The minimum atomic E-state index is -0.119. The van der Waals surface area contributed by atoms with Crippen molar-refractivity contribution >= 4 is 5.69 Å². The number of hydrogen-bond acceptors (Lipinski definition) is 3. The molecule has 17 heavy (non-hydrogen) atoms. The van der Waals surface area contributed by atoms with Crippen molar-refractivity contribution in [2.75, 3.05) is 38.1 Å². The number of benzene rings is 1. The topological polar surface area (TPSA) is 27.3 Å². The Bertz CT molecular complexity index is 360. The molecule has 1 aromatic rings. The molecule has 0 aliphatic carbocycles. The molecule has 0 bridgehead atoms. The summed E-state index contributed by atoms with van der Waals surface area (Å²) in [6.45, 7) is 4.52. The average Bonchev–Trinajstić information content (AvgIpc) is 2.60. The van der Waals surface area contributed by atoms with Gasteiger partial charge in [0.25, 0.3) is 0 Å². The van der Waals surface area contributed by atoms with Crippen LogP contribution in [0.3, 0.4) is 0 Å². The van der Waals surface area contributed by atoms with Gasteiger partial charge in [-0.15, -0.1) is 0 Å². The van der Waals surface area contributed by atoms with Gasteiger partial charge in [0.15, 0.2) is 0 Å². The van der Waals surface area contributed by atoms with Gasteiger partial charge in [-0.3, -0.25) is 0 Å². The predicted molar refractivity (Wildman–Crippen MR) is 68.9 cm³/mol. The molecule has 0 saturated carbocycles. The van der Waals surface area contributed by atoms with E-state index in [1.165, 1.54) is 0 Å². The lowest BCUT2D eigenvalue weighted by Crippen LogP contribution is -2.28. The zero-order valence-electron chi connectivity index (χ0n) is 10.3. The molecule has 3 nitrogen and oxygen atoms in total. The second-order valence-corrected chi connectivity index (χ2v) is 4.41. The van der Waals surface area contributed by atoms with Crippen LogP contribution in [0.5, 0.6) is 0 Å². The Morgan fingerprint density at radius 1 is 1.35 bits per heavy atom. The van der Waals surface area contributed by atoms with E-state index in [0.29, 0.717) is 0 Å². The van der Waals surface area contributed by atoms with Crippen LogP contribution in [0.15, 0.2) is 18.2 Å². The summed E-state index contributed by atoms with van der Waals surface area (Å²) in [5.41, 5.74) is 1.86. The minimum Gasteiger partial charge on any atom is -0.368 e. The highest BCUT2D eigenvalue weighted by Crippen LogP contribution is 2.21. The van der Waals surface area contributed by atoms with Gasteiger partial charge >= 0.3 is 0 Å². The molecular weight excluding hydrogens is 217 g/mol. The lowest BCUT2D eigenvalue weighted by atomic mass is 10.1. The maximum Gasteiger partial charge on any atom is 0.146 e. The highest BCUT2D eigenvalue weighted by Gasteiger charge is 2.13. The second kappa shape index (κ2) is 5.98. The van der Waals surface area contributed by atoms with Crippen LogP contribution in [-0.4, -0.2) is 33.2 Å². The van der Waals surface area contributed by atoms with E-state index in [4.69, 9.17) is 0 Å². The Labute approximate surface area is 102 Å². The molecule has 0 spiro atoms. The van der Waals surface area contributed by atoms with E-state index in [1.807, 2.05) is 19.2 Å². The number of nitrogens with one attached hydrogen (secondary N) is 2. The van der Waals surface area contributed by atoms with Gasteiger partial charge in [-0.2, -0.15) is 0 Å². The number of rotatable bonds is 3. The molecule has 0 aromatic heterocycles. The van der Waals surface area contributed by atoms with Crippen molar-refractivity contribution in [3.63, 3.8) is 0 Å². The van der Waals surface area contributed by atoms with Crippen molar-refractivity contribution in [3.05, 3.63) is 29.6 Å². The van der Waals surface area contributed by atoms with Crippen molar-refractivity contribution in [2.24, 2.45) is 0 Å². The molecule has 1 aromatic carbocycles. The first kappa shape index (κ1) is 12.3. The average molecular weight is 237 g/mol. The summed E-state index contributed by atoms with van der Waals surface area (Å²) in [6, 6.07) is 5.36. The van der Waals surface area contributed by atoms with E-state index in [1.54, 1.807) is 6.07 Å². The zero-order chi connectivity index (χ0) is 12.1. The maximum atomic E-state index is 13.8. The van der Waals surface area contributed by atoms with Gasteiger partial charge in [0.1, 0.15) is 5.82 Å². The standard InChI is InChI=1S/C13H20FN3/c1-15-10-11-3-4-12(14)13(9-11)17-7-2-5-16-6-8-17/h3-4,9,15-16H,2,5-8,10H2,1H3. The number of halogens is 1. The Morgan fingerprint density at radius 3 is 3.06 bits per heavy atom. The molecule has 2 rings (SSSR count). The van der Waals surface area contributed by atoms with Crippen LogP contribution in [0.25, 0.3) is 0 Å². The Balaban J connectivity index is 2.19. The number of nitrogens with zero attached hydrogens (tertiary/aromatic N) is 1. The van der Waals surface area contributed by atoms with E-state index in [0.717, 1.165) is 50.4 Å². The summed E-state index contributed by atoms with van der Waals surface area (Å²) in [5, 5.41) is 6.42. The van der Waals surface area contributed by atoms with Crippen molar-refractivity contribution < 1.29 is 4.39 Å². The molecule has 1 heterocycles. The first-order chi connectivity index (χ1) is 8.31. The molecule has 0 atom stereocenters. The first-order valence-electron chi connectivity index (χ1n) is 6.20. The van der Waals surface area contributed by atoms with Crippen LogP contribution < -0.4 is 15.5 Å². The third-order valence-electron chi connectivity index (χ3n) is 3.07. The Kier molecular flexibility index (Phi) is 4.34. The lowest BCUT2D eigenvalue weighted by Gasteiger charge is -2.23. The van der Waals surface area contributed by atoms with Crippen molar-refractivity contribution in [2.45, 2.75) is 13.0 Å². The fourth-order valence-electron chi connectivity index (χ4n) is 2.20. The molecule has 0 amide bonds. The molecular formula is C13H20FN3. The number of anilines is 1. The molecule has 1 aliphatic heterocycles. The van der Waals surface area contributed by atoms with Gasteiger partial charge in [0.05, 0.1) is 5.69 Å². The fourth-order valence-corrected chi connectivity index (χ4v) is 2.20. The summed E-state index contributed by atoms with van der Waals surface area (Å²) in [6.07, 6.45) is 1.07. The minimum absolute atomic E-state index is 0.119. The summed E-state index contributed by atoms with van der Waals surface area (Å²) in [4.78, 5) is 2.13. The van der Waals surface area contributed by atoms with E-state index >= 15 is 0 Å². The lowest BCUT2D eigenvalue weighted by molar-refractivity contribution is 0.616. The summed E-state index contributed by atoms with van der Waals surface area (Å²) in [5.74, 6) is -0.119. The van der Waals surface area contributed by atoms with Gasteiger partial charge in [0.2, 0.25) is 0 Å². The molecule has 0 radical (unpaired) electrons. The SMILES string of the molecule is CNCc1ccc(F)c(N2CCCNCC2)c1. The summed E-state index contributed by atoms with van der Waals surface area (Å²) in [7, 11) is 1.90. The van der Waals surface area contributed by atoms with Gasteiger partial charge in [-0.05, 0) is 37.7 Å². The van der Waals surface area contributed by atoms with Gasteiger partial charge in [-0.25, -0.2) is 4.39 Å². The monoisotopic (exact) mass is 237 g/mol. The first-order valence-corrected chi connectivity index (χ1v) is 6.20. The fraction of sp³-hybridized carbons (Fsp3) is 0.538. The van der Waals surface area contributed by atoms with E-state index < -0.39 is 0 Å². The van der Waals surface area contributed by atoms with Crippen molar-refractivity contribution in [1.82, 2.24) is 10.6 Å². The molecule has 94 valence electrons. The summed E-state index contributed by atoms with van der Waals surface area (Å²) >= 11 is 0. The van der Waals surface area contributed by atoms with Crippen LogP contribution >= 0.6 is 0 Å². The Morgan fingerprint density at radius 2 is 2.24 bits per heavy atom. The largest absolute Gasteiger partial charge is 0.368 e. The highest BCUT2D eigenvalue weighted by atomic mass is 19.1. The quantitative estimate of drug-likeness (QED) is 0.831. The molecule has 1 saturated heterocycles. The van der Waals surface area contributed by atoms with Gasteiger partial charge < -0.3 is 15.5 Å². The van der Waals surface area contributed by atoms with Crippen LogP contribution in [0.1, 0.15) is 12.0 Å². The third kappa shape index (κ3) is 3.17. The maximum absolute atomic E-state index is 13.8. The second-order valence-electron chi connectivity index (χ2n) is 4.41. The smallest absolute Gasteiger partial charge is 0.146 e. The molecule has 1 fully saturated rings. The van der Waals surface area contributed by atoms with Crippen LogP contribution in [0, 0.1) is 5.82 Å². The summed E-state index contributed by atoms with van der Waals surface area (Å²) < 4.78 is 13.8. The van der Waals surface area contributed by atoms with E-state index in [2.05, 4.69) is 15.5 Å². The van der Waals surface area contributed by atoms with Crippen molar-refractivity contribution in [3.8, 4) is 0 Å². The predicted octanol–water partition coefficient (Wildman–Crippen LogP) is 1.34. The Hall–Kier alpha value is -1.13. The van der Waals surface area contributed by atoms with Crippen molar-refractivity contribution in [1.29, 1.82) is 0 Å². The van der Waals surface area contributed by atoms with Gasteiger partial charge in [-0.1, -0.05) is 6.07 Å². The molecule has 1 aliphatic rings. The van der Waals surface area contributed by atoms with E-state index in [9.17, 15) is 4.39 Å². The number of hydrogen-bond donors (Lipinski definition) is 2. The van der Waals surface area contributed by atoms with Gasteiger partial charge in [0, 0.05) is 26.2 Å². The normalized spacial score (nSPS) is 16.9. The molecule has 0 unspecified atom stereocenters. The van der Waals surface area contributed by atoms with Crippen LogP contribution in [0.4, 0.5) is 10.1 Å². The van der Waals surface area contributed by atoms with E-state index in [-0.39, 0.29) is 5.82 Å². The van der Waals surface area contributed by atoms with Crippen LogP contribution in [-0.2, 0) is 6.54 Å². The molecule has 2 N–H and O–H groups in total. The zero-order valence-corrected chi connectivity index (χ0v) is 10.3.